The van der Waals surface area contributed by atoms with Gasteiger partial charge in [-0.05, 0) is 24.6 Å². The van der Waals surface area contributed by atoms with Crippen LogP contribution in [0.25, 0.3) is 0 Å². The third-order valence-electron chi connectivity index (χ3n) is 7.17. The summed E-state index contributed by atoms with van der Waals surface area (Å²) in [5.41, 5.74) is 9.34. The van der Waals surface area contributed by atoms with Gasteiger partial charge in [-0.2, -0.15) is 0 Å². The summed E-state index contributed by atoms with van der Waals surface area (Å²) in [6.45, 7) is 16.5. The molecule has 1 aromatic carbocycles. The molecule has 0 radical (unpaired) electrons. The molecule has 2 heterocycles. The number of carbonyl (C=O) groups excluding carboxylic acids is 1. The molecule has 2 aliphatic heterocycles. The Morgan fingerprint density at radius 3 is 2.56 bits per heavy atom. The number of amidine groups is 1. The number of ether oxygens (including phenoxy) is 2. The molecule has 3 rings (SSSR count). The molecule has 0 aliphatic carbocycles. The van der Waals surface area contributed by atoms with Crippen LogP contribution in [0.3, 0.4) is 0 Å². The third kappa shape index (κ3) is 8.62. The molecule has 1 fully saturated rings. The van der Waals surface area contributed by atoms with Crippen molar-refractivity contribution in [3.63, 3.8) is 0 Å². The molecule has 0 aromatic heterocycles. The van der Waals surface area contributed by atoms with Crippen molar-refractivity contribution in [3.8, 4) is 0 Å². The number of hydrogen-bond acceptors (Lipinski definition) is 11. The second-order valence-electron chi connectivity index (χ2n) is 11.3. The molecule has 0 bridgehead atoms. The van der Waals surface area contributed by atoms with Crippen LogP contribution in [-0.2, 0) is 9.47 Å². The minimum atomic E-state index is -0.421. The lowest BCUT2D eigenvalue weighted by molar-refractivity contribution is 0.0977. The second-order valence-corrected chi connectivity index (χ2v) is 11.3. The number of piperazine rings is 1. The average molecular weight is 592 g/mol. The lowest BCUT2D eigenvalue weighted by atomic mass is 9.93. The summed E-state index contributed by atoms with van der Waals surface area (Å²) in [7, 11) is 5.07. The number of benzene rings is 1. The molecular weight excluding hydrogens is 546 g/mol. The maximum Gasteiger partial charge on any atom is 0.256 e. The van der Waals surface area contributed by atoms with Gasteiger partial charge in [-0.3, -0.25) is 20.1 Å². The minimum absolute atomic E-state index is 0.0675. The predicted octanol–water partition coefficient (Wildman–Crippen LogP) is 3.13. The summed E-state index contributed by atoms with van der Waals surface area (Å²) in [5.74, 6) is 1.01. The molecule has 0 atom stereocenters. The van der Waals surface area contributed by atoms with Crippen LogP contribution in [0.15, 0.2) is 69.3 Å². The Labute approximate surface area is 254 Å². The van der Waals surface area contributed by atoms with E-state index in [1.807, 2.05) is 40.8 Å². The predicted molar refractivity (Wildman–Crippen MR) is 174 cm³/mol. The summed E-state index contributed by atoms with van der Waals surface area (Å²) in [6, 6.07) is 5.29. The van der Waals surface area contributed by atoms with Gasteiger partial charge in [0, 0.05) is 75.8 Å². The summed E-state index contributed by atoms with van der Waals surface area (Å²) < 4.78 is 10.6. The molecule has 12 nitrogen and oxygen atoms in total. The Bertz CT molecular complexity index is 1360. The number of aliphatic imine (C=N–C) groups is 3. The molecular formula is C31H45N9O3. The monoisotopic (exact) mass is 591 g/mol. The lowest BCUT2D eigenvalue weighted by Crippen LogP contribution is -2.49. The summed E-state index contributed by atoms with van der Waals surface area (Å²) in [5, 5.41) is 10.9. The topological polar surface area (TPSA) is 144 Å². The van der Waals surface area contributed by atoms with E-state index >= 15 is 0 Å². The molecule has 4 N–H and O–H groups in total. The van der Waals surface area contributed by atoms with Crippen LogP contribution in [0.2, 0.25) is 0 Å². The number of carbonyl (C=O) groups is 1. The molecule has 1 saturated heterocycles. The lowest BCUT2D eigenvalue weighted by Gasteiger charge is -2.35. The van der Waals surface area contributed by atoms with Crippen LogP contribution in [0.1, 0.15) is 36.7 Å². The molecule has 43 heavy (non-hydrogen) atoms. The van der Waals surface area contributed by atoms with Gasteiger partial charge in [-0.1, -0.05) is 33.4 Å². The van der Waals surface area contributed by atoms with Crippen molar-refractivity contribution >= 4 is 35.3 Å². The van der Waals surface area contributed by atoms with Crippen LogP contribution < -0.4 is 16.0 Å². The highest BCUT2D eigenvalue weighted by molar-refractivity contribution is 6.41. The first-order valence-corrected chi connectivity index (χ1v) is 14.2. The van der Waals surface area contributed by atoms with Gasteiger partial charge in [0.1, 0.15) is 28.8 Å². The number of methoxy groups -OCH3 is 2. The van der Waals surface area contributed by atoms with Gasteiger partial charge < -0.3 is 30.3 Å². The van der Waals surface area contributed by atoms with Crippen LogP contribution >= 0.6 is 0 Å². The van der Waals surface area contributed by atoms with Gasteiger partial charge in [0.25, 0.3) is 5.91 Å². The molecule has 0 saturated carbocycles. The van der Waals surface area contributed by atoms with Crippen molar-refractivity contribution in [3.05, 3.63) is 65.5 Å². The number of hydrogen-bond donors (Lipinski definition) is 3. The SMILES string of the molecule is C=C/N=C1/C=NC(N2CCN(CCOC)CC2)=N/C1=C(/N)N(C)c1cc(C(=O)NC(=N)/C=C(\OC)C(C)(C)C)ccc1C. The number of anilines is 1. The number of amides is 1. The fourth-order valence-corrected chi connectivity index (χ4v) is 4.64. The first kappa shape index (κ1) is 33.2. The number of nitrogens with one attached hydrogen (secondary N) is 2. The minimum Gasteiger partial charge on any atom is -0.500 e. The molecule has 2 aliphatic rings. The van der Waals surface area contributed by atoms with Gasteiger partial charge in [-0.15, -0.1) is 0 Å². The van der Waals surface area contributed by atoms with E-state index in [0.29, 0.717) is 46.8 Å². The molecule has 1 aromatic rings. The highest BCUT2D eigenvalue weighted by Gasteiger charge is 2.25. The quantitative estimate of drug-likeness (QED) is 0.227. The summed E-state index contributed by atoms with van der Waals surface area (Å²) in [4.78, 5) is 33.1. The third-order valence-corrected chi connectivity index (χ3v) is 7.17. The van der Waals surface area contributed by atoms with Crippen LogP contribution in [0.4, 0.5) is 5.69 Å². The Balaban J connectivity index is 1.87. The van der Waals surface area contributed by atoms with Crippen molar-refractivity contribution in [1.82, 2.24) is 15.1 Å². The first-order valence-electron chi connectivity index (χ1n) is 14.2. The van der Waals surface area contributed by atoms with Crippen molar-refractivity contribution in [1.29, 1.82) is 5.41 Å². The maximum absolute atomic E-state index is 13.1. The van der Waals surface area contributed by atoms with Gasteiger partial charge >= 0.3 is 0 Å². The number of nitrogens with zero attached hydrogens (tertiary/aromatic N) is 6. The maximum atomic E-state index is 13.1. The van der Waals surface area contributed by atoms with E-state index in [-0.39, 0.29) is 11.3 Å². The van der Waals surface area contributed by atoms with E-state index < -0.39 is 5.91 Å². The average Bonchev–Trinajstić information content (AvgIpc) is 2.98. The fraction of sp³-hybridized carbons (Fsp3) is 0.452. The van der Waals surface area contributed by atoms with Crippen molar-refractivity contribution in [2.24, 2.45) is 26.1 Å². The molecule has 232 valence electrons. The highest BCUT2D eigenvalue weighted by Crippen LogP contribution is 2.26. The summed E-state index contributed by atoms with van der Waals surface area (Å²) in [6.07, 6.45) is 4.60. The van der Waals surface area contributed by atoms with Gasteiger partial charge in [-0.25, -0.2) is 9.98 Å². The number of nitrogens with two attached hydrogens (primary N) is 1. The Kier molecular flexibility index (Phi) is 11.4. The van der Waals surface area contributed by atoms with E-state index in [1.54, 1.807) is 37.5 Å². The van der Waals surface area contributed by atoms with Gasteiger partial charge in [0.15, 0.2) is 0 Å². The van der Waals surface area contributed by atoms with Crippen molar-refractivity contribution in [2.75, 3.05) is 65.5 Å². The normalized spacial score (nSPS) is 18.3. The van der Waals surface area contributed by atoms with E-state index in [1.165, 1.54) is 12.3 Å². The van der Waals surface area contributed by atoms with E-state index in [0.717, 1.165) is 38.3 Å². The van der Waals surface area contributed by atoms with E-state index in [2.05, 4.69) is 31.7 Å². The van der Waals surface area contributed by atoms with Gasteiger partial charge in [0.2, 0.25) is 5.96 Å². The standard InChI is InChI=1S/C31H45N9O3/c1-9-34-23-20-35-30(40-14-12-39(13-15-40)16-17-42-7)37-27(23)28(33)38(6)24-18-22(11-10-21(24)2)29(41)36-26(32)19-25(43-8)31(3,4)5/h9-11,18-20H,1,12-17,33H2,2-8H3,(H2,32,36,41)/b25-19-,28-27-,34-23-. The number of allylic oxidation sites excluding steroid dienone is 2. The van der Waals surface area contributed by atoms with Crippen LogP contribution in [0.5, 0.6) is 0 Å². The number of guanidine groups is 1. The zero-order valence-electron chi connectivity index (χ0n) is 26.4. The Hall–Kier alpha value is -4.29. The Morgan fingerprint density at radius 2 is 1.95 bits per heavy atom. The van der Waals surface area contributed by atoms with Crippen molar-refractivity contribution < 1.29 is 14.3 Å². The molecule has 12 heteroatoms. The number of aryl methyl sites for hydroxylation is 1. The molecule has 1 amide bonds. The summed E-state index contributed by atoms with van der Waals surface area (Å²) >= 11 is 0. The smallest absolute Gasteiger partial charge is 0.256 e. The van der Waals surface area contributed by atoms with Crippen LogP contribution in [-0.4, -0.2) is 100 Å². The zero-order chi connectivity index (χ0) is 31.7. The first-order chi connectivity index (χ1) is 20.4. The molecule has 0 unspecified atom stereocenters. The van der Waals surface area contributed by atoms with E-state index in [9.17, 15) is 4.79 Å². The zero-order valence-corrected chi connectivity index (χ0v) is 26.4. The molecule has 0 spiro atoms. The van der Waals surface area contributed by atoms with Crippen molar-refractivity contribution in [2.45, 2.75) is 27.7 Å². The van der Waals surface area contributed by atoms with E-state index in [4.69, 9.17) is 25.6 Å². The van der Waals surface area contributed by atoms with Crippen LogP contribution in [0, 0.1) is 17.7 Å². The second kappa shape index (κ2) is 14.7. The van der Waals surface area contributed by atoms with Gasteiger partial charge in [0.05, 0.1) is 19.9 Å². The number of rotatable bonds is 9. The highest BCUT2D eigenvalue weighted by atomic mass is 16.5. The largest absolute Gasteiger partial charge is 0.500 e. The Morgan fingerprint density at radius 1 is 1.26 bits per heavy atom. The fourth-order valence-electron chi connectivity index (χ4n) is 4.64.